The number of alkyl halides is 1. The second-order valence-electron chi connectivity index (χ2n) is 11.6. The molecule has 0 bridgehead atoms. The van der Waals surface area contributed by atoms with Crippen molar-refractivity contribution in [2.24, 2.45) is 5.41 Å². The first-order valence-electron chi connectivity index (χ1n) is 13.2. The van der Waals surface area contributed by atoms with E-state index in [4.69, 9.17) is 4.98 Å². The highest BCUT2D eigenvalue weighted by Crippen LogP contribution is 2.43. The minimum Gasteiger partial charge on any atom is -0.292 e. The van der Waals surface area contributed by atoms with Gasteiger partial charge in [-0.05, 0) is 72.7 Å². The summed E-state index contributed by atoms with van der Waals surface area (Å²) < 4.78 is 18.6. The van der Waals surface area contributed by atoms with Crippen LogP contribution in [0.1, 0.15) is 69.7 Å². The van der Waals surface area contributed by atoms with Crippen molar-refractivity contribution in [3.63, 3.8) is 0 Å². The van der Waals surface area contributed by atoms with E-state index in [-0.39, 0.29) is 5.41 Å². The number of halogens is 1. The fourth-order valence-corrected chi connectivity index (χ4v) is 5.91. The Morgan fingerprint density at radius 1 is 0.861 bits per heavy atom. The number of hydrogen-bond acceptors (Lipinski definition) is 1. The van der Waals surface area contributed by atoms with E-state index >= 15 is 4.39 Å². The topological polar surface area (TPSA) is 17.3 Å². The van der Waals surface area contributed by atoms with Gasteiger partial charge in [0.1, 0.15) is 11.3 Å². The van der Waals surface area contributed by atoms with Crippen LogP contribution in [0.4, 0.5) is 4.39 Å². The molecule has 0 saturated heterocycles. The highest BCUT2D eigenvalue weighted by atomic mass is 19.1. The zero-order valence-electron chi connectivity index (χ0n) is 22.7. The summed E-state index contributed by atoms with van der Waals surface area (Å²) in [5.74, 6) is 0. The first-order valence-corrected chi connectivity index (χ1v) is 13.2. The average molecular weight is 481 g/mol. The van der Waals surface area contributed by atoms with Crippen molar-refractivity contribution in [2.45, 2.75) is 73.4 Å². The maximum absolute atomic E-state index is 16.4. The molecule has 0 aliphatic rings. The van der Waals surface area contributed by atoms with Gasteiger partial charge in [0.2, 0.25) is 0 Å². The van der Waals surface area contributed by atoms with Gasteiger partial charge in [0, 0.05) is 21.9 Å². The van der Waals surface area contributed by atoms with Gasteiger partial charge in [-0.15, -0.1) is 0 Å². The molecule has 0 spiro atoms. The van der Waals surface area contributed by atoms with Crippen molar-refractivity contribution in [1.82, 2.24) is 9.38 Å². The minimum atomic E-state index is -1.40. The lowest BCUT2D eigenvalue weighted by atomic mass is 9.85. The summed E-state index contributed by atoms with van der Waals surface area (Å²) in [6, 6.07) is 19.3. The van der Waals surface area contributed by atoms with Crippen LogP contribution in [0.2, 0.25) is 0 Å². The van der Waals surface area contributed by atoms with Gasteiger partial charge in [0.15, 0.2) is 0 Å². The molecule has 0 amide bonds. The van der Waals surface area contributed by atoms with E-state index in [0.717, 1.165) is 45.0 Å². The normalized spacial score (nSPS) is 12.8. The SMILES string of the molecule is CCC(F)(CC)c1cccc2c3cc(CC(C)(C)C)ccc3n3c(-c4c(C)cccc4C)cnc3c12. The highest BCUT2D eigenvalue weighted by Gasteiger charge is 2.31. The minimum absolute atomic E-state index is 0.176. The number of aromatic nitrogens is 2. The Bertz CT molecular complexity index is 1580. The van der Waals surface area contributed by atoms with E-state index in [9.17, 15) is 0 Å². The van der Waals surface area contributed by atoms with Crippen molar-refractivity contribution >= 4 is 27.3 Å². The van der Waals surface area contributed by atoms with E-state index in [1.165, 1.54) is 22.3 Å². The molecule has 5 rings (SSSR count). The maximum Gasteiger partial charge on any atom is 0.146 e. The maximum atomic E-state index is 16.4. The number of imidazole rings is 1. The standard InChI is InChI=1S/C33H37FN2/c1-8-33(34,9-2)26-15-11-14-24-25-18-23(19-32(5,6)7)16-17-27(25)36-28(20-35-31(36)30(24)26)29-21(3)12-10-13-22(29)4/h10-18,20H,8-9,19H2,1-7H3. The summed E-state index contributed by atoms with van der Waals surface area (Å²) in [6.07, 6.45) is 3.82. The molecule has 3 aromatic carbocycles. The molecule has 3 heteroatoms. The first-order chi connectivity index (χ1) is 17.1. The van der Waals surface area contributed by atoms with Gasteiger partial charge >= 0.3 is 0 Å². The van der Waals surface area contributed by atoms with Crippen LogP contribution in [0, 0.1) is 19.3 Å². The Kier molecular flexibility index (Phi) is 5.94. The van der Waals surface area contributed by atoms with Gasteiger partial charge < -0.3 is 0 Å². The Morgan fingerprint density at radius 2 is 1.53 bits per heavy atom. The third-order valence-corrected chi connectivity index (χ3v) is 7.72. The Labute approximate surface area is 214 Å². The van der Waals surface area contributed by atoms with Crippen molar-refractivity contribution in [1.29, 1.82) is 0 Å². The van der Waals surface area contributed by atoms with Gasteiger partial charge in [0.05, 0.1) is 17.4 Å². The first kappa shape index (κ1) is 24.5. The summed E-state index contributed by atoms with van der Waals surface area (Å²) in [7, 11) is 0. The van der Waals surface area contributed by atoms with Gasteiger partial charge in [-0.3, -0.25) is 4.40 Å². The predicted molar refractivity (Wildman–Crippen MR) is 152 cm³/mol. The number of nitrogens with zero attached hydrogens (tertiary/aromatic N) is 2. The molecule has 0 unspecified atom stereocenters. The van der Waals surface area contributed by atoms with Crippen LogP contribution in [0.25, 0.3) is 38.6 Å². The molecular weight excluding hydrogens is 443 g/mol. The van der Waals surface area contributed by atoms with E-state index in [0.29, 0.717) is 12.8 Å². The second-order valence-corrected chi connectivity index (χ2v) is 11.6. The van der Waals surface area contributed by atoms with E-state index in [1.807, 2.05) is 32.2 Å². The monoisotopic (exact) mass is 480 g/mol. The van der Waals surface area contributed by atoms with Crippen LogP contribution in [-0.4, -0.2) is 9.38 Å². The molecule has 0 atom stereocenters. The van der Waals surface area contributed by atoms with Crippen LogP contribution >= 0.6 is 0 Å². The molecular formula is C33H37FN2. The summed E-state index contributed by atoms with van der Waals surface area (Å²) in [4.78, 5) is 4.98. The number of hydrogen-bond donors (Lipinski definition) is 0. The zero-order chi connectivity index (χ0) is 25.8. The summed E-state index contributed by atoms with van der Waals surface area (Å²) in [5.41, 5.74) is 7.44. The molecule has 0 fully saturated rings. The highest BCUT2D eigenvalue weighted by molar-refractivity contribution is 6.14. The van der Waals surface area contributed by atoms with Crippen LogP contribution in [0.5, 0.6) is 0 Å². The smallest absolute Gasteiger partial charge is 0.146 e. The number of rotatable bonds is 5. The van der Waals surface area contributed by atoms with Gasteiger partial charge in [0.25, 0.3) is 0 Å². The molecule has 2 heterocycles. The molecule has 36 heavy (non-hydrogen) atoms. The molecule has 5 aromatic rings. The van der Waals surface area contributed by atoms with Crippen molar-refractivity contribution < 1.29 is 4.39 Å². The zero-order valence-corrected chi connectivity index (χ0v) is 22.7. The van der Waals surface area contributed by atoms with Gasteiger partial charge in [-0.25, -0.2) is 9.37 Å². The predicted octanol–water partition coefficient (Wildman–Crippen LogP) is 9.50. The van der Waals surface area contributed by atoms with Crippen molar-refractivity contribution in [3.05, 3.63) is 83.0 Å². The Morgan fingerprint density at radius 3 is 2.17 bits per heavy atom. The van der Waals surface area contributed by atoms with Crippen molar-refractivity contribution in [2.75, 3.05) is 0 Å². The number of pyridine rings is 1. The molecule has 2 aromatic heterocycles. The molecule has 0 saturated carbocycles. The summed E-state index contributed by atoms with van der Waals surface area (Å²) >= 11 is 0. The number of aryl methyl sites for hydroxylation is 2. The number of fused-ring (bicyclic) bond motifs is 6. The Balaban J connectivity index is 1.99. The van der Waals surface area contributed by atoms with E-state index in [2.05, 4.69) is 81.5 Å². The van der Waals surface area contributed by atoms with Crippen molar-refractivity contribution in [3.8, 4) is 11.3 Å². The molecule has 0 radical (unpaired) electrons. The van der Waals surface area contributed by atoms with Gasteiger partial charge in [-0.1, -0.05) is 77.1 Å². The fraction of sp³-hybridized carbons (Fsp3) is 0.364. The molecule has 0 N–H and O–H groups in total. The summed E-state index contributed by atoms with van der Waals surface area (Å²) in [5, 5.41) is 3.16. The van der Waals surface area contributed by atoms with Gasteiger partial charge in [-0.2, -0.15) is 0 Å². The third-order valence-electron chi connectivity index (χ3n) is 7.72. The van der Waals surface area contributed by atoms with Crippen LogP contribution in [0.15, 0.2) is 60.8 Å². The van der Waals surface area contributed by atoms with Crippen LogP contribution < -0.4 is 0 Å². The lowest BCUT2D eigenvalue weighted by Crippen LogP contribution is -2.18. The largest absolute Gasteiger partial charge is 0.292 e. The molecule has 0 aliphatic heterocycles. The third kappa shape index (κ3) is 3.89. The van der Waals surface area contributed by atoms with Crippen LogP contribution in [0.3, 0.4) is 0 Å². The molecule has 186 valence electrons. The molecule has 2 nitrogen and oxygen atoms in total. The Hall–Kier alpha value is -3.20. The fourth-order valence-electron chi connectivity index (χ4n) is 5.91. The summed E-state index contributed by atoms with van der Waals surface area (Å²) in [6.45, 7) is 15.0. The second kappa shape index (κ2) is 8.73. The molecule has 0 aliphatic carbocycles. The average Bonchev–Trinajstić information content (AvgIpc) is 3.27. The van der Waals surface area contributed by atoms with E-state index < -0.39 is 5.67 Å². The lowest BCUT2D eigenvalue weighted by Gasteiger charge is -2.25. The number of benzene rings is 3. The van der Waals surface area contributed by atoms with Crippen LogP contribution in [-0.2, 0) is 12.1 Å². The van der Waals surface area contributed by atoms with E-state index in [1.54, 1.807) is 0 Å². The quantitative estimate of drug-likeness (QED) is 0.229. The lowest BCUT2D eigenvalue weighted by molar-refractivity contribution is 0.154.